The Hall–Kier alpha value is -4.52. The topological polar surface area (TPSA) is 132 Å². The van der Waals surface area contributed by atoms with E-state index < -0.39 is 11.7 Å². The van der Waals surface area contributed by atoms with Crippen molar-refractivity contribution >= 4 is 58.0 Å². The van der Waals surface area contributed by atoms with Gasteiger partial charge in [-0.1, -0.05) is 36.7 Å². The number of Topliss-reactive ketones (excluding diaryl/α,β-unsaturated/α-hetero) is 1. The second kappa shape index (κ2) is 15.2. The van der Waals surface area contributed by atoms with Crippen molar-refractivity contribution in [1.29, 1.82) is 0 Å². The molecule has 0 radical (unpaired) electrons. The van der Waals surface area contributed by atoms with Crippen LogP contribution in [0.2, 0.25) is 5.02 Å². The van der Waals surface area contributed by atoms with E-state index in [2.05, 4.69) is 42.3 Å². The number of ketones is 1. The normalized spacial score (nSPS) is 15.8. The van der Waals surface area contributed by atoms with Gasteiger partial charge in [0.25, 0.3) is 11.7 Å². The van der Waals surface area contributed by atoms with Crippen LogP contribution in [0.1, 0.15) is 41.3 Å². The summed E-state index contributed by atoms with van der Waals surface area (Å²) < 4.78 is 5.61. The van der Waals surface area contributed by atoms with Gasteiger partial charge in [0, 0.05) is 57.2 Å². The molecule has 0 aliphatic carbocycles. The lowest BCUT2D eigenvalue weighted by Crippen LogP contribution is -2.45. The molecule has 3 heterocycles. The summed E-state index contributed by atoms with van der Waals surface area (Å²) in [4.78, 5) is 52.7. The molecule has 0 saturated carbocycles. The number of rotatable bonds is 11. The number of benzene rings is 2. The summed E-state index contributed by atoms with van der Waals surface area (Å²) in [6, 6.07) is 12.7. The number of halogens is 1. The van der Waals surface area contributed by atoms with E-state index >= 15 is 0 Å². The summed E-state index contributed by atoms with van der Waals surface area (Å²) >= 11 is 6.47. The second-order valence-electron chi connectivity index (χ2n) is 11.3. The molecule has 242 valence electrons. The number of nitrogens with one attached hydrogen (secondary N) is 3. The van der Waals surface area contributed by atoms with Gasteiger partial charge < -0.3 is 30.5 Å². The number of nitrogens with zero attached hydrogens (tertiary/aromatic N) is 5. The van der Waals surface area contributed by atoms with Gasteiger partial charge in [-0.05, 0) is 49.2 Å². The fourth-order valence-electron chi connectivity index (χ4n) is 5.56. The first-order valence-corrected chi connectivity index (χ1v) is 15.7. The third-order valence-electron chi connectivity index (χ3n) is 7.92. The van der Waals surface area contributed by atoms with Crippen LogP contribution in [0.4, 0.5) is 28.8 Å². The lowest BCUT2D eigenvalue weighted by Gasteiger charge is -2.38. The summed E-state index contributed by atoms with van der Waals surface area (Å²) in [5.74, 6) is -1.03. The first-order valence-electron chi connectivity index (χ1n) is 15.3. The highest BCUT2D eigenvalue weighted by Gasteiger charge is 2.28. The zero-order valence-electron chi connectivity index (χ0n) is 26.1. The number of aromatic nitrogens is 2. The van der Waals surface area contributed by atoms with E-state index in [1.807, 2.05) is 18.2 Å². The van der Waals surface area contributed by atoms with E-state index in [-0.39, 0.29) is 34.4 Å². The van der Waals surface area contributed by atoms with Gasteiger partial charge in [0.05, 0.1) is 30.7 Å². The van der Waals surface area contributed by atoms with Gasteiger partial charge in [-0.25, -0.2) is 4.98 Å². The molecule has 2 amide bonds. The second-order valence-corrected chi connectivity index (χ2v) is 11.7. The number of carbonyl (C=O) groups excluding carboxylic acids is 3. The number of hydrogen-bond acceptors (Lipinski definition) is 10. The van der Waals surface area contributed by atoms with Gasteiger partial charge in [-0.3, -0.25) is 19.3 Å². The number of anilines is 5. The lowest BCUT2D eigenvalue weighted by atomic mass is 10.0. The fraction of sp³-hybridized carbons (Fsp3) is 0.364. The standard InChI is InChI=1S/C33H39ClN8O4/c1-4-28(43)38-31(42-14-8-5-9-15-42)24-20-22(12-13-27(24)41-16-18-46-19-17-41)36-33-35-21-25(34)30(39-33)37-26-11-7-6-10-23(26)29(44)32(45)40(2)3/h4,6-7,10-13,20-21,31H,1,5,8-9,14-19H2,2-3H3,(H,38,43)(H2,35,36,37,39). The Kier molecular flexibility index (Phi) is 10.8. The summed E-state index contributed by atoms with van der Waals surface area (Å²) in [5.41, 5.74) is 3.24. The number of hydrogen-bond donors (Lipinski definition) is 3. The average Bonchev–Trinajstić information content (AvgIpc) is 3.08. The maximum Gasteiger partial charge on any atom is 0.294 e. The van der Waals surface area contributed by atoms with Gasteiger partial charge in [-0.2, -0.15) is 4.98 Å². The molecule has 0 bridgehead atoms. The van der Waals surface area contributed by atoms with Gasteiger partial charge in [0.1, 0.15) is 11.2 Å². The number of ether oxygens (including phenoxy) is 1. The van der Waals surface area contributed by atoms with Crippen LogP contribution in [0.5, 0.6) is 0 Å². The Labute approximate surface area is 273 Å². The van der Waals surface area contributed by atoms with Crippen LogP contribution in [-0.4, -0.2) is 90.9 Å². The molecule has 3 aromatic rings. The smallest absolute Gasteiger partial charge is 0.294 e. The van der Waals surface area contributed by atoms with Crippen LogP contribution < -0.4 is 20.9 Å². The quantitative estimate of drug-likeness (QED) is 0.155. The summed E-state index contributed by atoms with van der Waals surface area (Å²) in [5, 5.41) is 9.77. The summed E-state index contributed by atoms with van der Waals surface area (Å²) in [6.07, 6.45) is 5.65. The van der Waals surface area contributed by atoms with Crippen LogP contribution in [-0.2, 0) is 14.3 Å². The van der Waals surface area contributed by atoms with Gasteiger partial charge in [0.15, 0.2) is 5.82 Å². The van der Waals surface area contributed by atoms with E-state index in [0.29, 0.717) is 24.6 Å². The van der Waals surface area contributed by atoms with E-state index in [9.17, 15) is 14.4 Å². The Morgan fingerprint density at radius 3 is 2.48 bits per heavy atom. The highest BCUT2D eigenvalue weighted by molar-refractivity contribution is 6.43. The SMILES string of the molecule is C=CC(=O)NC(c1cc(Nc2ncc(Cl)c(Nc3ccccc3C(=O)C(=O)N(C)C)n2)ccc1N1CCOCC1)N1CCCCC1. The van der Waals surface area contributed by atoms with Crippen molar-refractivity contribution in [3.63, 3.8) is 0 Å². The van der Waals surface area contributed by atoms with Crippen molar-refractivity contribution < 1.29 is 19.1 Å². The Balaban J connectivity index is 1.47. The zero-order valence-corrected chi connectivity index (χ0v) is 26.8. The molecular weight excluding hydrogens is 608 g/mol. The van der Waals surface area contributed by atoms with Crippen LogP contribution in [0.25, 0.3) is 0 Å². The van der Waals surface area contributed by atoms with Crippen molar-refractivity contribution in [1.82, 2.24) is 25.1 Å². The van der Waals surface area contributed by atoms with Crippen molar-refractivity contribution in [2.45, 2.75) is 25.4 Å². The van der Waals surface area contributed by atoms with E-state index in [1.54, 1.807) is 24.3 Å². The maximum atomic E-state index is 12.9. The molecule has 13 heteroatoms. The Bertz CT molecular complexity index is 1590. The van der Waals surface area contributed by atoms with Gasteiger partial charge >= 0.3 is 0 Å². The monoisotopic (exact) mass is 646 g/mol. The number of morpholine rings is 1. The molecule has 2 aromatic carbocycles. The molecule has 2 aliphatic rings. The minimum absolute atomic E-state index is 0.194. The van der Waals surface area contributed by atoms with Crippen molar-refractivity contribution in [3.8, 4) is 0 Å². The van der Waals surface area contributed by atoms with Crippen molar-refractivity contribution in [3.05, 3.63) is 77.5 Å². The minimum atomic E-state index is -0.656. The van der Waals surface area contributed by atoms with Crippen molar-refractivity contribution in [2.75, 3.05) is 69.0 Å². The van der Waals surface area contributed by atoms with Gasteiger partial charge in [0.2, 0.25) is 11.9 Å². The molecular formula is C33H39ClN8O4. The van der Waals surface area contributed by atoms with Gasteiger partial charge in [-0.15, -0.1) is 0 Å². The third kappa shape index (κ3) is 7.82. The number of para-hydroxylation sites is 1. The fourth-order valence-corrected chi connectivity index (χ4v) is 5.70. The molecule has 2 fully saturated rings. The molecule has 3 N–H and O–H groups in total. The molecule has 5 rings (SSSR count). The van der Waals surface area contributed by atoms with E-state index in [4.69, 9.17) is 16.3 Å². The molecule has 1 atom stereocenters. The minimum Gasteiger partial charge on any atom is -0.378 e. The number of likely N-dealkylation sites (N-methyl/N-ethyl adjacent to an activating group) is 1. The zero-order chi connectivity index (χ0) is 32.6. The molecule has 2 saturated heterocycles. The Morgan fingerprint density at radius 2 is 1.76 bits per heavy atom. The van der Waals surface area contributed by atoms with Crippen molar-refractivity contribution in [2.24, 2.45) is 0 Å². The molecule has 0 spiro atoms. The largest absolute Gasteiger partial charge is 0.378 e. The highest BCUT2D eigenvalue weighted by atomic mass is 35.5. The average molecular weight is 647 g/mol. The third-order valence-corrected chi connectivity index (χ3v) is 8.20. The maximum absolute atomic E-state index is 12.9. The molecule has 2 aliphatic heterocycles. The first kappa shape index (κ1) is 32.9. The molecule has 1 aromatic heterocycles. The highest BCUT2D eigenvalue weighted by Crippen LogP contribution is 2.35. The van der Waals surface area contributed by atoms with Crippen LogP contribution >= 0.6 is 11.6 Å². The first-order chi connectivity index (χ1) is 22.2. The Morgan fingerprint density at radius 1 is 1.02 bits per heavy atom. The molecule has 46 heavy (non-hydrogen) atoms. The number of amides is 2. The van der Waals surface area contributed by atoms with Crippen LogP contribution in [0.15, 0.2) is 61.3 Å². The molecule has 12 nitrogen and oxygen atoms in total. The van der Waals surface area contributed by atoms with E-state index in [0.717, 1.165) is 56.7 Å². The molecule has 1 unspecified atom stereocenters. The number of likely N-dealkylation sites (tertiary alicyclic amines) is 1. The summed E-state index contributed by atoms with van der Waals surface area (Å²) in [7, 11) is 3.05. The predicted octanol–water partition coefficient (Wildman–Crippen LogP) is 4.51. The predicted molar refractivity (Wildman–Crippen MR) is 179 cm³/mol. The number of piperidine rings is 1. The lowest BCUT2D eigenvalue weighted by molar-refractivity contribution is -0.124. The summed E-state index contributed by atoms with van der Waals surface area (Å²) in [6.45, 7) is 8.12. The van der Waals surface area contributed by atoms with Crippen LogP contribution in [0, 0.1) is 0 Å². The van der Waals surface area contributed by atoms with E-state index in [1.165, 1.54) is 31.3 Å². The van der Waals surface area contributed by atoms with Crippen LogP contribution in [0.3, 0.4) is 0 Å². The number of carbonyl (C=O) groups is 3.